The molecule has 3 aromatic heterocycles. The molecule has 2 atom stereocenters. The summed E-state index contributed by atoms with van der Waals surface area (Å²) in [5, 5.41) is 12.2. The Morgan fingerprint density at radius 2 is 1.92 bits per heavy atom. The van der Waals surface area contributed by atoms with E-state index in [-0.39, 0.29) is 0 Å². The predicted molar refractivity (Wildman–Crippen MR) is 105 cm³/mol. The van der Waals surface area contributed by atoms with Crippen molar-refractivity contribution in [3.05, 3.63) is 42.2 Å². The number of pyridine rings is 2. The lowest BCUT2D eigenvalue weighted by molar-refractivity contribution is 0.262. The summed E-state index contributed by atoms with van der Waals surface area (Å²) in [6.45, 7) is 8.01. The number of rotatable bonds is 2. The molecule has 5 nitrogen and oxygen atoms in total. The van der Waals surface area contributed by atoms with Crippen molar-refractivity contribution in [3.8, 4) is 11.4 Å². The summed E-state index contributed by atoms with van der Waals surface area (Å²) >= 11 is 0. The van der Waals surface area contributed by atoms with Crippen LogP contribution in [0.2, 0.25) is 0 Å². The molecule has 2 unspecified atom stereocenters. The molecule has 0 aromatic carbocycles. The molecule has 0 amide bonds. The first-order valence-electron chi connectivity index (χ1n) is 9.52. The van der Waals surface area contributed by atoms with Gasteiger partial charge in [-0.2, -0.15) is 5.10 Å². The summed E-state index contributed by atoms with van der Waals surface area (Å²) in [5.41, 5.74) is 4.12. The van der Waals surface area contributed by atoms with E-state index in [0.717, 1.165) is 35.4 Å². The minimum absolute atomic E-state index is 0.298. The van der Waals surface area contributed by atoms with Gasteiger partial charge in [0.2, 0.25) is 0 Å². The number of nitrogens with zero attached hydrogens (tertiary/aromatic N) is 3. The van der Waals surface area contributed by atoms with Gasteiger partial charge < -0.3 is 5.32 Å². The molecule has 0 bridgehead atoms. The van der Waals surface area contributed by atoms with E-state index in [1.165, 1.54) is 18.5 Å². The highest BCUT2D eigenvalue weighted by Gasteiger charge is 2.28. The van der Waals surface area contributed by atoms with Gasteiger partial charge in [-0.15, -0.1) is 0 Å². The molecule has 2 N–H and O–H groups in total. The van der Waals surface area contributed by atoms with Gasteiger partial charge in [0.15, 0.2) is 5.65 Å². The third-order valence-corrected chi connectivity index (χ3v) is 5.51. The van der Waals surface area contributed by atoms with Crippen LogP contribution in [0.1, 0.15) is 51.6 Å². The molecule has 1 aliphatic heterocycles. The number of H-pyrrole nitrogens is 1. The van der Waals surface area contributed by atoms with Crippen molar-refractivity contribution in [2.45, 2.75) is 52.0 Å². The van der Waals surface area contributed by atoms with Crippen molar-refractivity contribution in [2.24, 2.45) is 5.41 Å². The average molecular weight is 349 g/mol. The molecule has 26 heavy (non-hydrogen) atoms. The normalized spacial score (nSPS) is 21.7. The number of aromatic amines is 1. The molecule has 0 saturated carbocycles. The zero-order valence-corrected chi connectivity index (χ0v) is 15.8. The van der Waals surface area contributed by atoms with Gasteiger partial charge in [-0.25, -0.2) is 4.98 Å². The van der Waals surface area contributed by atoms with Gasteiger partial charge in [0, 0.05) is 29.2 Å². The second kappa shape index (κ2) is 6.80. The van der Waals surface area contributed by atoms with Crippen LogP contribution < -0.4 is 5.32 Å². The summed E-state index contributed by atoms with van der Waals surface area (Å²) in [5.74, 6) is 0.502. The van der Waals surface area contributed by atoms with E-state index in [9.17, 15) is 0 Å². The van der Waals surface area contributed by atoms with Crippen LogP contribution in [0.15, 0.2) is 36.5 Å². The second-order valence-corrected chi connectivity index (χ2v) is 8.36. The highest BCUT2D eigenvalue weighted by molar-refractivity contribution is 5.89. The second-order valence-electron chi connectivity index (χ2n) is 8.36. The van der Waals surface area contributed by atoms with Gasteiger partial charge in [-0.1, -0.05) is 26.8 Å². The van der Waals surface area contributed by atoms with Crippen LogP contribution in [0.5, 0.6) is 0 Å². The monoisotopic (exact) mass is 349 g/mol. The van der Waals surface area contributed by atoms with Crippen molar-refractivity contribution < 1.29 is 0 Å². The third kappa shape index (κ3) is 3.36. The van der Waals surface area contributed by atoms with Gasteiger partial charge >= 0.3 is 0 Å². The Hall–Kier alpha value is -2.27. The lowest BCUT2D eigenvalue weighted by atomic mass is 9.83. The van der Waals surface area contributed by atoms with E-state index < -0.39 is 0 Å². The first-order valence-corrected chi connectivity index (χ1v) is 9.52. The maximum absolute atomic E-state index is 4.99. The molecule has 0 spiro atoms. The lowest BCUT2D eigenvalue weighted by Crippen LogP contribution is -2.39. The van der Waals surface area contributed by atoms with E-state index in [2.05, 4.69) is 59.5 Å². The Morgan fingerprint density at radius 1 is 1.04 bits per heavy atom. The molecule has 0 radical (unpaired) electrons. The zero-order valence-electron chi connectivity index (χ0n) is 15.8. The molecule has 1 aliphatic rings. The number of fused-ring (bicyclic) bond motifs is 1. The van der Waals surface area contributed by atoms with E-state index in [0.29, 0.717) is 17.4 Å². The first kappa shape index (κ1) is 17.2. The van der Waals surface area contributed by atoms with Crippen molar-refractivity contribution in [3.63, 3.8) is 0 Å². The number of hydrogen-bond donors (Lipinski definition) is 2. The summed E-state index contributed by atoms with van der Waals surface area (Å²) in [6, 6.07) is 10.9. The SMILES string of the molecule is CC(C)(C)C1CCC(c2cccc(-c3[nH]nc4ncccc34)n2)CCN1. The van der Waals surface area contributed by atoms with E-state index in [1.54, 1.807) is 6.20 Å². The average Bonchev–Trinajstić information content (AvgIpc) is 2.89. The van der Waals surface area contributed by atoms with Crippen LogP contribution in [0.4, 0.5) is 0 Å². The smallest absolute Gasteiger partial charge is 0.181 e. The van der Waals surface area contributed by atoms with Crippen LogP contribution in [0, 0.1) is 5.41 Å². The first-order chi connectivity index (χ1) is 12.5. The summed E-state index contributed by atoms with van der Waals surface area (Å²) < 4.78 is 0. The summed E-state index contributed by atoms with van der Waals surface area (Å²) in [4.78, 5) is 9.30. The van der Waals surface area contributed by atoms with Crippen LogP contribution in [-0.2, 0) is 0 Å². The maximum Gasteiger partial charge on any atom is 0.181 e. The van der Waals surface area contributed by atoms with Gasteiger partial charge in [0.05, 0.1) is 11.4 Å². The third-order valence-electron chi connectivity index (χ3n) is 5.51. The fourth-order valence-electron chi connectivity index (χ4n) is 3.94. The van der Waals surface area contributed by atoms with Crippen LogP contribution in [-0.4, -0.2) is 32.8 Å². The topological polar surface area (TPSA) is 66.5 Å². The number of aromatic nitrogens is 4. The van der Waals surface area contributed by atoms with Crippen molar-refractivity contribution in [1.82, 2.24) is 25.5 Å². The number of hydrogen-bond acceptors (Lipinski definition) is 4. The molecular formula is C21H27N5. The highest BCUT2D eigenvalue weighted by Crippen LogP contribution is 2.33. The predicted octanol–water partition coefficient (Wildman–Crippen LogP) is 4.29. The van der Waals surface area contributed by atoms with Crippen LogP contribution in [0.25, 0.3) is 22.4 Å². The fraction of sp³-hybridized carbons (Fsp3) is 0.476. The fourth-order valence-corrected chi connectivity index (χ4v) is 3.94. The Labute approximate surface area is 154 Å². The van der Waals surface area contributed by atoms with Crippen LogP contribution in [0.3, 0.4) is 0 Å². The molecule has 5 heteroatoms. The Balaban J connectivity index is 1.60. The van der Waals surface area contributed by atoms with Crippen molar-refractivity contribution in [2.75, 3.05) is 6.54 Å². The van der Waals surface area contributed by atoms with Gasteiger partial charge in [0.25, 0.3) is 0 Å². The molecule has 1 fully saturated rings. The van der Waals surface area contributed by atoms with Gasteiger partial charge in [0.1, 0.15) is 0 Å². The van der Waals surface area contributed by atoms with E-state index in [4.69, 9.17) is 4.98 Å². The lowest BCUT2D eigenvalue weighted by Gasteiger charge is -2.30. The molecular weight excluding hydrogens is 322 g/mol. The minimum atomic E-state index is 0.298. The molecule has 4 heterocycles. The summed E-state index contributed by atoms with van der Waals surface area (Å²) in [7, 11) is 0. The highest BCUT2D eigenvalue weighted by atomic mass is 15.2. The molecule has 4 rings (SSSR count). The molecule has 1 saturated heterocycles. The zero-order chi connectivity index (χ0) is 18.1. The van der Waals surface area contributed by atoms with Gasteiger partial charge in [-0.05, 0) is 55.5 Å². The van der Waals surface area contributed by atoms with Crippen molar-refractivity contribution in [1.29, 1.82) is 0 Å². The van der Waals surface area contributed by atoms with Crippen molar-refractivity contribution >= 4 is 11.0 Å². The largest absolute Gasteiger partial charge is 0.313 e. The molecule has 0 aliphatic carbocycles. The van der Waals surface area contributed by atoms with E-state index in [1.807, 2.05) is 12.1 Å². The standard InChI is InChI=1S/C21H27N5/c1-21(2,3)18-10-9-14(11-13-22-18)16-7-4-8-17(24-16)19-15-6-5-12-23-20(15)26-25-19/h4-8,12,14,18,22H,9-11,13H2,1-3H3,(H,23,25,26). The van der Waals surface area contributed by atoms with E-state index >= 15 is 0 Å². The molecule has 3 aromatic rings. The maximum atomic E-state index is 4.99. The minimum Gasteiger partial charge on any atom is -0.313 e. The summed E-state index contributed by atoms with van der Waals surface area (Å²) in [6.07, 6.45) is 5.27. The Kier molecular flexibility index (Phi) is 4.49. The van der Waals surface area contributed by atoms with Crippen LogP contribution >= 0.6 is 0 Å². The Bertz CT molecular complexity index is 893. The Morgan fingerprint density at radius 3 is 2.77 bits per heavy atom. The molecule has 136 valence electrons. The van der Waals surface area contributed by atoms with Gasteiger partial charge in [-0.3, -0.25) is 10.1 Å². The number of nitrogens with one attached hydrogen (secondary N) is 2. The quantitative estimate of drug-likeness (QED) is 0.724.